The number of hydrogen-bond acceptors (Lipinski definition) is 1. The SMILES string of the molecule is CC1(c2ccccc2)CC(CO)C1. The van der Waals surface area contributed by atoms with Gasteiger partial charge in [-0.05, 0) is 29.7 Å². The van der Waals surface area contributed by atoms with Gasteiger partial charge in [0.2, 0.25) is 0 Å². The maximum absolute atomic E-state index is 8.97. The van der Waals surface area contributed by atoms with Gasteiger partial charge in [0.15, 0.2) is 0 Å². The van der Waals surface area contributed by atoms with Gasteiger partial charge in [-0.1, -0.05) is 37.3 Å². The van der Waals surface area contributed by atoms with E-state index >= 15 is 0 Å². The Labute approximate surface area is 79.4 Å². The van der Waals surface area contributed by atoms with Crippen LogP contribution >= 0.6 is 0 Å². The van der Waals surface area contributed by atoms with E-state index in [4.69, 9.17) is 5.11 Å². The highest BCUT2D eigenvalue weighted by Gasteiger charge is 2.40. The Morgan fingerprint density at radius 3 is 2.46 bits per heavy atom. The normalized spacial score (nSPS) is 32.6. The van der Waals surface area contributed by atoms with E-state index in [0.717, 1.165) is 12.8 Å². The summed E-state index contributed by atoms with van der Waals surface area (Å²) in [6.45, 7) is 2.64. The maximum atomic E-state index is 8.97. The molecule has 0 saturated heterocycles. The van der Waals surface area contributed by atoms with Gasteiger partial charge in [-0.25, -0.2) is 0 Å². The fourth-order valence-corrected chi connectivity index (χ4v) is 2.42. The Balaban J connectivity index is 2.11. The predicted octanol–water partition coefficient (Wildman–Crippen LogP) is 2.35. The van der Waals surface area contributed by atoms with E-state index < -0.39 is 0 Å². The average molecular weight is 176 g/mol. The Hall–Kier alpha value is -0.820. The zero-order chi connectivity index (χ0) is 9.31. The van der Waals surface area contributed by atoms with E-state index in [1.807, 2.05) is 0 Å². The molecular formula is C12H16O. The molecule has 1 saturated carbocycles. The zero-order valence-electron chi connectivity index (χ0n) is 8.03. The van der Waals surface area contributed by atoms with Gasteiger partial charge >= 0.3 is 0 Å². The standard InChI is InChI=1S/C12H16O/c1-12(7-10(8-12)9-13)11-5-3-2-4-6-11/h2-6,10,13H,7-9H2,1H3. The van der Waals surface area contributed by atoms with Crippen LogP contribution in [0.15, 0.2) is 30.3 Å². The topological polar surface area (TPSA) is 20.2 Å². The second kappa shape index (κ2) is 3.15. The van der Waals surface area contributed by atoms with Crippen LogP contribution in [-0.4, -0.2) is 11.7 Å². The molecule has 2 rings (SSSR count). The third-order valence-electron chi connectivity index (χ3n) is 3.21. The summed E-state index contributed by atoms with van der Waals surface area (Å²) in [7, 11) is 0. The summed E-state index contributed by atoms with van der Waals surface area (Å²) in [5.74, 6) is 0.533. The summed E-state index contributed by atoms with van der Waals surface area (Å²) >= 11 is 0. The number of aliphatic hydroxyl groups excluding tert-OH is 1. The van der Waals surface area contributed by atoms with Crippen LogP contribution < -0.4 is 0 Å². The van der Waals surface area contributed by atoms with Gasteiger partial charge in [-0.2, -0.15) is 0 Å². The van der Waals surface area contributed by atoms with Gasteiger partial charge in [0.25, 0.3) is 0 Å². The van der Waals surface area contributed by atoms with Gasteiger partial charge in [0, 0.05) is 6.61 Å². The first kappa shape index (κ1) is 8.76. The highest BCUT2D eigenvalue weighted by atomic mass is 16.3. The molecule has 0 aliphatic heterocycles. The van der Waals surface area contributed by atoms with Crippen molar-refractivity contribution in [1.29, 1.82) is 0 Å². The summed E-state index contributed by atoms with van der Waals surface area (Å²) < 4.78 is 0. The monoisotopic (exact) mass is 176 g/mol. The summed E-state index contributed by atoms with van der Waals surface area (Å²) in [5.41, 5.74) is 1.74. The summed E-state index contributed by atoms with van der Waals surface area (Å²) in [4.78, 5) is 0. The van der Waals surface area contributed by atoms with Gasteiger partial charge in [-0.15, -0.1) is 0 Å². The molecule has 0 heterocycles. The van der Waals surface area contributed by atoms with Crippen LogP contribution in [0.5, 0.6) is 0 Å². The lowest BCUT2D eigenvalue weighted by Gasteiger charge is -2.45. The molecule has 1 aromatic rings. The highest BCUT2D eigenvalue weighted by molar-refractivity contribution is 5.27. The molecule has 1 aliphatic carbocycles. The Morgan fingerprint density at radius 2 is 1.92 bits per heavy atom. The van der Waals surface area contributed by atoms with Crippen LogP contribution in [0.25, 0.3) is 0 Å². The van der Waals surface area contributed by atoms with Crippen molar-refractivity contribution in [1.82, 2.24) is 0 Å². The molecule has 0 atom stereocenters. The number of hydrogen-bond donors (Lipinski definition) is 1. The van der Waals surface area contributed by atoms with Crippen molar-refractivity contribution in [3.05, 3.63) is 35.9 Å². The van der Waals surface area contributed by atoms with E-state index in [0.29, 0.717) is 17.9 Å². The highest BCUT2D eigenvalue weighted by Crippen LogP contribution is 2.46. The van der Waals surface area contributed by atoms with Gasteiger partial charge in [0.1, 0.15) is 0 Å². The van der Waals surface area contributed by atoms with Gasteiger partial charge in [0.05, 0.1) is 0 Å². The van der Waals surface area contributed by atoms with Crippen molar-refractivity contribution in [3.8, 4) is 0 Å². The second-order valence-electron chi connectivity index (χ2n) is 4.38. The van der Waals surface area contributed by atoms with Crippen LogP contribution in [0.1, 0.15) is 25.3 Å². The minimum atomic E-state index is 0.328. The third kappa shape index (κ3) is 1.49. The minimum absolute atomic E-state index is 0.328. The number of rotatable bonds is 2. The molecule has 0 radical (unpaired) electrons. The zero-order valence-corrected chi connectivity index (χ0v) is 8.03. The van der Waals surface area contributed by atoms with Crippen LogP contribution in [0.2, 0.25) is 0 Å². The number of aliphatic hydroxyl groups is 1. The molecule has 0 amide bonds. The first-order chi connectivity index (χ1) is 6.24. The fourth-order valence-electron chi connectivity index (χ4n) is 2.42. The molecule has 13 heavy (non-hydrogen) atoms. The quantitative estimate of drug-likeness (QED) is 0.733. The van der Waals surface area contributed by atoms with E-state index in [-0.39, 0.29) is 0 Å². The lowest BCUT2D eigenvalue weighted by molar-refractivity contribution is 0.0886. The van der Waals surface area contributed by atoms with Crippen LogP contribution in [0, 0.1) is 5.92 Å². The average Bonchev–Trinajstić information content (AvgIpc) is 2.14. The second-order valence-corrected chi connectivity index (χ2v) is 4.38. The third-order valence-corrected chi connectivity index (χ3v) is 3.21. The Kier molecular flexibility index (Phi) is 2.12. The van der Waals surface area contributed by atoms with Crippen molar-refractivity contribution in [2.24, 2.45) is 5.92 Å². The molecule has 1 nitrogen and oxygen atoms in total. The summed E-state index contributed by atoms with van der Waals surface area (Å²) in [6.07, 6.45) is 2.26. The van der Waals surface area contributed by atoms with Crippen LogP contribution in [-0.2, 0) is 5.41 Å². The van der Waals surface area contributed by atoms with Gasteiger partial charge < -0.3 is 5.11 Å². The summed E-state index contributed by atoms with van der Waals surface area (Å²) in [6, 6.07) is 10.6. The van der Waals surface area contributed by atoms with Crippen molar-refractivity contribution in [2.75, 3.05) is 6.61 Å². The van der Waals surface area contributed by atoms with Crippen LogP contribution in [0.3, 0.4) is 0 Å². The first-order valence-electron chi connectivity index (χ1n) is 4.91. The van der Waals surface area contributed by atoms with E-state index in [1.165, 1.54) is 5.56 Å². The fraction of sp³-hybridized carbons (Fsp3) is 0.500. The molecular weight excluding hydrogens is 160 g/mol. The van der Waals surface area contributed by atoms with Crippen molar-refractivity contribution < 1.29 is 5.11 Å². The molecule has 1 aromatic carbocycles. The molecule has 0 unspecified atom stereocenters. The van der Waals surface area contributed by atoms with E-state index in [9.17, 15) is 0 Å². The maximum Gasteiger partial charge on any atom is 0.0459 e. The van der Waals surface area contributed by atoms with Gasteiger partial charge in [-0.3, -0.25) is 0 Å². The Bertz CT molecular complexity index is 272. The lowest BCUT2D eigenvalue weighted by atomic mass is 9.60. The van der Waals surface area contributed by atoms with Crippen molar-refractivity contribution in [3.63, 3.8) is 0 Å². The van der Waals surface area contributed by atoms with Crippen LogP contribution in [0.4, 0.5) is 0 Å². The molecule has 1 N–H and O–H groups in total. The smallest absolute Gasteiger partial charge is 0.0459 e. The van der Waals surface area contributed by atoms with E-state index in [1.54, 1.807) is 0 Å². The largest absolute Gasteiger partial charge is 0.396 e. The predicted molar refractivity (Wildman–Crippen MR) is 53.6 cm³/mol. The molecule has 1 aliphatic rings. The number of benzene rings is 1. The molecule has 1 fully saturated rings. The molecule has 70 valence electrons. The van der Waals surface area contributed by atoms with E-state index in [2.05, 4.69) is 37.3 Å². The minimum Gasteiger partial charge on any atom is -0.396 e. The molecule has 0 aromatic heterocycles. The lowest BCUT2D eigenvalue weighted by Crippen LogP contribution is -2.40. The Morgan fingerprint density at radius 1 is 1.31 bits per heavy atom. The van der Waals surface area contributed by atoms with Crippen molar-refractivity contribution >= 4 is 0 Å². The first-order valence-corrected chi connectivity index (χ1v) is 4.91. The molecule has 0 bridgehead atoms. The summed E-state index contributed by atoms with van der Waals surface area (Å²) in [5, 5.41) is 8.97. The molecule has 1 heteroatoms. The molecule has 0 spiro atoms. The van der Waals surface area contributed by atoms with Crippen molar-refractivity contribution in [2.45, 2.75) is 25.2 Å².